The summed E-state index contributed by atoms with van der Waals surface area (Å²) in [6.45, 7) is 0. The molecule has 0 aromatic heterocycles. The quantitative estimate of drug-likeness (QED) is 0.815. The van der Waals surface area contributed by atoms with Crippen LogP contribution in [0.2, 0.25) is 0 Å². The summed E-state index contributed by atoms with van der Waals surface area (Å²) in [5, 5.41) is 8.65. The molecular weight excluding hydrogens is 244 g/mol. The summed E-state index contributed by atoms with van der Waals surface area (Å²) in [5.74, 6) is -2.19. The van der Waals surface area contributed by atoms with Gasteiger partial charge in [0, 0.05) is 4.90 Å². The minimum atomic E-state index is -1.44. The Labute approximate surface area is 101 Å². The van der Waals surface area contributed by atoms with Crippen molar-refractivity contribution in [2.75, 3.05) is 0 Å². The van der Waals surface area contributed by atoms with Crippen LogP contribution in [0.4, 0.5) is 8.78 Å². The van der Waals surface area contributed by atoms with Gasteiger partial charge in [-0.2, -0.15) is 5.26 Å². The molecule has 0 spiro atoms. The van der Waals surface area contributed by atoms with Crippen LogP contribution in [0.15, 0.2) is 23.1 Å². The van der Waals surface area contributed by atoms with Gasteiger partial charge in [-0.1, -0.05) is 6.42 Å². The molecule has 1 aromatic carbocycles. The largest absolute Gasteiger partial charge is 0.254 e. The second-order valence-corrected chi connectivity index (χ2v) is 5.75. The zero-order valence-electron chi connectivity index (χ0n) is 9.03. The van der Waals surface area contributed by atoms with E-state index in [0.717, 1.165) is 25.0 Å². The lowest BCUT2D eigenvalue weighted by Gasteiger charge is -2.13. The highest BCUT2D eigenvalue weighted by Crippen LogP contribution is 2.32. The molecule has 0 aliphatic heterocycles. The molecular formula is C12H11F2NOS. The molecule has 90 valence electrons. The minimum absolute atomic E-state index is 0.246. The molecule has 1 aromatic rings. The lowest BCUT2D eigenvalue weighted by Crippen LogP contribution is -2.19. The smallest absolute Gasteiger partial charge is 0.160 e. The van der Waals surface area contributed by atoms with E-state index in [-0.39, 0.29) is 16.1 Å². The fraction of sp³-hybridized carbons (Fsp3) is 0.417. The molecule has 5 heteroatoms. The van der Waals surface area contributed by atoms with E-state index >= 15 is 0 Å². The third kappa shape index (κ3) is 2.37. The van der Waals surface area contributed by atoms with Crippen LogP contribution < -0.4 is 0 Å². The van der Waals surface area contributed by atoms with Crippen LogP contribution in [0.5, 0.6) is 0 Å². The van der Waals surface area contributed by atoms with Gasteiger partial charge in [-0.05, 0) is 31.0 Å². The van der Waals surface area contributed by atoms with Crippen LogP contribution in [0, 0.1) is 28.9 Å². The van der Waals surface area contributed by atoms with Gasteiger partial charge in [0.1, 0.15) is 0 Å². The molecule has 0 amide bonds. The fourth-order valence-electron chi connectivity index (χ4n) is 2.11. The maximum absolute atomic E-state index is 13.0. The van der Waals surface area contributed by atoms with Crippen molar-refractivity contribution in [3.8, 4) is 6.07 Å². The predicted octanol–water partition coefficient (Wildman–Crippen LogP) is 2.76. The fourth-order valence-corrected chi connectivity index (χ4v) is 3.75. The third-order valence-corrected chi connectivity index (χ3v) is 4.85. The van der Waals surface area contributed by atoms with Crippen LogP contribution in [0.3, 0.4) is 0 Å². The highest BCUT2D eigenvalue weighted by molar-refractivity contribution is 7.85. The Bertz CT molecular complexity index is 498. The first-order valence-electron chi connectivity index (χ1n) is 5.38. The molecule has 2 rings (SSSR count). The van der Waals surface area contributed by atoms with Gasteiger partial charge in [0.2, 0.25) is 0 Å². The van der Waals surface area contributed by atoms with E-state index in [2.05, 4.69) is 6.07 Å². The van der Waals surface area contributed by atoms with E-state index in [1.54, 1.807) is 0 Å². The summed E-state index contributed by atoms with van der Waals surface area (Å²) >= 11 is 0. The second-order valence-electron chi connectivity index (χ2n) is 4.08. The van der Waals surface area contributed by atoms with Gasteiger partial charge in [0.05, 0.1) is 28.0 Å². The monoisotopic (exact) mass is 255 g/mol. The molecule has 1 saturated carbocycles. The third-order valence-electron chi connectivity index (χ3n) is 3.02. The zero-order valence-corrected chi connectivity index (χ0v) is 9.84. The molecule has 1 aliphatic carbocycles. The van der Waals surface area contributed by atoms with Gasteiger partial charge in [0.15, 0.2) is 11.6 Å². The molecule has 0 N–H and O–H groups in total. The van der Waals surface area contributed by atoms with Gasteiger partial charge in [-0.3, -0.25) is 4.21 Å². The van der Waals surface area contributed by atoms with Crippen LogP contribution >= 0.6 is 0 Å². The van der Waals surface area contributed by atoms with E-state index in [9.17, 15) is 13.0 Å². The molecule has 2 nitrogen and oxygen atoms in total. The second kappa shape index (κ2) is 4.92. The highest BCUT2D eigenvalue weighted by Gasteiger charge is 2.32. The van der Waals surface area contributed by atoms with Gasteiger partial charge in [-0.15, -0.1) is 0 Å². The molecule has 0 heterocycles. The summed E-state index contributed by atoms with van der Waals surface area (Å²) in [6, 6.07) is 5.38. The van der Waals surface area contributed by atoms with E-state index in [4.69, 9.17) is 5.26 Å². The first-order chi connectivity index (χ1) is 8.13. The summed E-state index contributed by atoms with van der Waals surface area (Å²) < 4.78 is 37.9. The first kappa shape index (κ1) is 12.2. The van der Waals surface area contributed by atoms with Crippen molar-refractivity contribution in [1.29, 1.82) is 5.26 Å². The summed E-state index contributed by atoms with van der Waals surface area (Å²) in [5.41, 5.74) is 0. The lowest BCUT2D eigenvalue weighted by atomic mass is 10.1. The molecule has 17 heavy (non-hydrogen) atoms. The average Bonchev–Trinajstić information content (AvgIpc) is 2.80. The van der Waals surface area contributed by atoms with Crippen molar-refractivity contribution in [2.24, 2.45) is 5.92 Å². The molecule has 0 radical (unpaired) electrons. The van der Waals surface area contributed by atoms with Crippen LogP contribution in [0.25, 0.3) is 0 Å². The maximum Gasteiger partial charge on any atom is 0.160 e. The zero-order chi connectivity index (χ0) is 12.4. The lowest BCUT2D eigenvalue weighted by molar-refractivity contribution is 0.505. The number of nitrogens with zero attached hydrogens (tertiary/aromatic N) is 1. The van der Waals surface area contributed by atoms with Crippen molar-refractivity contribution >= 4 is 10.8 Å². The number of nitriles is 1. The molecule has 0 bridgehead atoms. The molecule has 0 saturated heterocycles. The summed E-state index contributed by atoms with van der Waals surface area (Å²) in [4.78, 5) is 0.260. The minimum Gasteiger partial charge on any atom is -0.254 e. The normalized spacial score (nSPS) is 25.5. The van der Waals surface area contributed by atoms with E-state index in [1.165, 1.54) is 6.07 Å². The van der Waals surface area contributed by atoms with Crippen molar-refractivity contribution in [2.45, 2.75) is 29.4 Å². The Morgan fingerprint density at radius 1 is 1.29 bits per heavy atom. The Morgan fingerprint density at radius 2 is 2.06 bits per heavy atom. The maximum atomic E-state index is 13.0. The van der Waals surface area contributed by atoms with Crippen molar-refractivity contribution < 1.29 is 13.0 Å². The summed E-state index contributed by atoms with van der Waals surface area (Å²) in [6.07, 6.45) is 2.29. The number of hydrogen-bond acceptors (Lipinski definition) is 2. The molecule has 3 unspecified atom stereocenters. The topological polar surface area (TPSA) is 40.9 Å². The van der Waals surface area contributed by atoms with Crippen molar-refractivity contribution in [3.05, 3.63) is 29.8 Å². The summed E-state index contributed by atoms with van der Waals surface area (Å²) in [7, 11) is -1.44. The number of rotatable bonds is 2. The van der Waals surface area contributed by atoms with Crippen LogP contribution in [-0.2, 0) is 10.8 Å². The first-order valence-corrected chi connectivity index (χ1v) is 6.60. The van der Waals surface area contributed by atoms with Gasteiger partial charge < -0.3 is 0 Å². The van der Waals surface area contributed by atoms with Gasteiger partial charge in [-0.25, -0.2) is 8.78 Å². The van der Waals surface area contributed by atoms with Crippen molar-refractivity contribution in [3.63, 3.8) is 0 Å². The highest BCUT2D eigenvalue weighted by atomic mass is 32.2. The standard InChI is InChI=1S/C12H11F2NOS/c13-10-5-4-9(6-11(10)14)17(16)12-3-1-2-8(12)7-15/h4-6,8,12H,1-3H2. The number of benzene rings is 1. The van der Waals surface area contributed by atoms with E-state index in [1.807, 2.05) is 0 Å². The Kier molecular flexibility index (Phi) is 3.53. The van der Waals surface area contributed by atoms with Gasteiger partial charge >= 0.3 is 0 Å². The Balaban J connectivity index is 2.25. The van der Waals surface area contributed by atoms with E-state index in [0.29, 0.717) is 6.42 Å². The molecule has 3 atom stereocenters. The SMILES string of the molecule is N#CC1CCCC1S(=O)c1ccc(F)c(F)c1. The van der Waals surface area contributed by atoms with Crippen molar-refractivity contribution in [1.82, 2.24) is 0 Å². The molecule has 1 aliphatic rings. The van der Waals surface area contributed by atoms with Crippen LogP contribution in [0.1, 0.15) is 19.3 Å². The number of halogens is 2. The average molecular weight is 255 g/mol. The van der Waals surface area contributed by atoms with E-state index < -0.39 is 22.4 Å². The van der Waals surface area contributed by atoms with Gasteiger partial charge in [0.25, 0.3) is 0 Å². The molecule has 1 fully saturated rings. The van der Waals surface area contributed by atoms with Crippen LogP contribution in [-0.4, -0.2) is 9.46 Å². The Morgan fingerprint density at radius 3 is 2.71 bits per heavy atom. The predicted molar refractivity (Wildman–Crippen MR) is 59.5 cm³/mol. The number of hydrogen-bond donors (Lipinski definition) is 0. The Hall–Kier alpha value is -1.28.